The van der Waals surface area contributed by atoms with Crippen molar-refractivity contribution in [3.8, 4) is 5.19 Å². The lowest BCUT2D eigenvalue weighted by Gasteiger charge is -2.28. The zero-order valence-electron chi connectivity index (χ0n) is 8.07. The molecule has 78 valence electrons. The third kappa shape index (κ3) is 2.59. The Morgan fingerprint density at radius 3 is 2.86 bits per heavy atom. The molecule has 0 aliphatic carbocycles. The van der Waals surface area contributed by atoms with Crippen LogP contribution in [0.1, 0.15) is 12.8 Å². The zero-order chi connectivity index (χ0) is 9.97. The van der Waals surface area contributed by atoms with Crippen LogP contribution in [0.5, 0.6) is 5.19 Å². The van der Waals surface area contributed by atoms with Gasteiger partial charge < -0.3 is 9.64 Å². The van der Waals surface area contributed by atoms with Gasteiger partial charge >= 0.3 is 0 Å². The van der Waals surface area contributed by atoms with Crippen LogP contribution in [-0.2, 0) is 0 Å². The average molecular weight is 233 g/mol. The van der Waals surface area contributed by atoms with E-state index < -0.39 is 0 Å². The molecule has 0 amide bonds. The van der Waals surface area contributed by atoms with Crippen molar-refractivity contribution < 1.29 is 4.74 Å². The summed E-state index contributed by atoms with van der Waals surface area (Å²) < 4.78 is 5.72. The molecule has 0 atom stereocenters. The van der Waals surface area contributed by atoms with Gasteiger partial charge in [-0.1, -0.05) is 22.9 Å². The van der Waals surface area contributed by atoms with Gasteiger partial charge in [-0.2, -0.15) is 4.98 Å². The Kier molecular flexibility index (Phi) is 3.26. The number of likely N-dealkylation sites (tertiary alicyclic amines) is 1. The van der Waals surface area contributed by atoms with Crippen LogP contribution in [0, 0.1) is 0 Å². The van der Waals surface area contributed by atoms with Crippen LogP contribution in [0.25, 0.3) is 0 Å². The fraction of sp³-hybridized carbons (Fsp3) is 0.667. The van der Waals surface area contributed by atoms with E-state index in [1.54, 1.807) is 5.38 Å². The van der Waals surface area contributed by atoms with Gasteiger partial charge in [-0.3, -0.25) is 0 Å². The fourth-order valence-electron chi connectivity index (χ4n) is 1.54. The molecule has 1 aromatic heterocycles. The number of hydrogen-bond acceptors (Lipinski definition) is 4. The molecule has 0 aromatic carbocycles. The molecule has 2 rings (SSSR count). The number of aromatic nitrogens is 1. The second-order valence-corrected chi connectivity index (χ2v) is 4.76. The summed E-state index contributed by atoms with van der Waals surface area (Å²) in [6.07, 6.45) is 2.47. The third-order valence-electron chi connectivity index (χ3n) is 2.39. The first-order valence-electron chi connectivity index (χ1n) is 4.70. The van der Waals surface area contributed by atoms with E-state index in [9.17, 15) is 0 Å². The van der Waals surface area contributed by atoms with Gasteiger partial charge in [0.2, 0.25) is 0 Å². The van der Waals surface area contributed by atoms with Gasteiger partial charge in [0.15, 0.2) is 0 Å². The Labute approximate surface area is 92.7 Å². The highest BCUT2D eigenvalue weighted by molar-refractivity contribution is 7.11. The van der Waals surface area contributed by atoms with Gasteiger partial charge in [0.25, 0.3) is 5.19 Å². The lowest BCUT2D eigenvalue weighted by atomic mass is 10.1. The largest absolute Gasteiger partial charge is 0.467 e. The van der Waals surface area contributed by atoms with E-state index in [1.165, 1.54) is 11.3 Å². The number of thiazole rings is 1. The Morgan fingerprint density at radius 2 is 2.29 bits per heavy atom. The minimum absolute atomic E-state index is 0.313. The van der Waals surface area contributed by atoms with Gasteiger partial charge in [0.1, 0.15) is 11.3 Å². The lowest BCUT2D eigenvalue weighted by Crippen LogP contribution is -2.35. The molecule has 3 nitrogen and oxygen atoms in total. The number of ether oxygens (including phenoxy) is 1. The molecule has 1 saturated heterocycles. The predicted octanol–water partition coefficient (Wildman–Crippen LogP) is 2.27. The Morgan fingerprint density at radius 1 is 1.57 bits per heavy atom. The summed E-state index contributed by atoms with van der Waals surface area (Å²) in [7, 11) is 2.14. The van der Waals surface area contributed by atoms with Crippen molar-refractivity contribution in [2.75, 3.05) is 20.1 Å². The summed E-state index contributed by atoms with van der Waals surface area (Å²) in [5.74, 6) is 0. The van der Waals surface area contributed by atoms with Crippen molar-refractivity contribution in [1.29, 1.82) is 0 Å². The maximum Gasteiger partial charge on any atom is 0.274 e. The van der Waals surface area contributed by atoms with Gasteiger partial charge in [-0.25, -0.2) is 0 Å². The maximum absolute atomic E-state index is 5.72. The van der Waals surface area contributed by atoms with Gasteiger partial charge in [0.05, 0.1) is 0 Å². The summed E-state index contributed by atoms with van der Waals surface area (Å²) in [6.45, 7) is 2.20. The SMILES string of the molecule is CN1CCC(Oc2nc(Cl)cs2)CC1. The van der Waals surface area contributed by atoms with E-state index >= 15 is 0 Å². The standard InChI is InChI=1S/C9H13ClN2OS/c1-12-4-2-7(3-5-12)13-9-11-8(10)6-14-9/h6-7H,2-5H2,1H3. The first-order valence-corrected chi connectivity index (χ1v) is 5.96. The highest BCUT2D eigenvalue weighted by Crippen LogP contribution is 2.24. The molecule has 0 spiro atoms. The fourth-order valence-corrected chi connectivity index (χ4v) is 2.39. The number of nitrogens with zero attached hydrogens (tertiary/aromatic N) is 2. The van der Waals surface area contributed by atoms with Crippen LogP contribution in [0.3, 0.4) is 0 Å². The quantitative estimate of drug-likeness (QED) is 0.782. The van der Waals surface area contributed by atoms with Crippen LogP contribution < -0.4 is 4.74 Å². The lowest BCUT2D eigenvalue weighted by molar-refractivity contribution is 0.114. The van der Waals surface area contributed by atoms with E-state index in [2.05, 4.69) is 16.9 Å². The summed E-state index contributed by atoms with van der Waals surface area (Å²) in [4.78, 5) is 6.39. The molecule has 1 aliphatic heterocycles. The first kappa shape index (κ1) is 10.2. The topological polar surface area (TPSA) is 25.4 Å². The van der Waals surface area contributed by atoms with Gasteiger partial charge in [-0.15, -0.1) is 0 Å². The van der Waals surface area contributed by atoms with Crippen LogP contribution in [0.15, 0.2) is 5.38 Å². The highest BCUT2D eigenvalue weighted by atomic mass is 35.5. The Bertz CT molecular complexity index is 297. The predicted molar refractivity (Wildman–Crippen MR) is 58.3 cm³/mol. The van der Waals surface area contributed by atoms with E-state index in [1.807, 2.05) is 0 Å². The number of rotatable bonds is 2. The monoisotopic (exact) mass is 232 g/mol. The molecular weight excluding hydrogens is 220 g/mol. The Hall–Kier alpha value is -0.320. The minimum atomic E-state index is 0.313. The van der Waals surface area contributed by atoms with E-state index in [0.717, 1.165) is 25.9 Å². The number of piperidine rings is 1. The van der Waals surface area contributed by atoms with Crippen LogP contribution >= 0.6 is 22.9 Å². The normalized spacial score (nSPS) is 19.9. The van der Waals surface area contributed by atoms with E-state index in [0.29, 0.717) is 16.5 Å². The average Bonchev–Trinajstić information content (AvgIpc) is 2.56. The first-order chi connectivity index (χ1) is 6.74. The molecule has 0 radical (unpaired) electrons. The number of hydrogen-bond donors (Lipinski definition) is 0. The van der Waals surface area contributed by atoms with Crippen molar-refractivity contribution in [2.45, 2.75) is 18.9 Å². The highest BCUT2D eigenvalue weighted by Gasteiger charge is 2.18. The van der Waals surface area contributed by atoms with Crippen LogP contribution in [0.2, 0.25) is 5.15 Å². The smallest absolute Gasteiger partial charge is 0.274 e. The van der Waals surface area contributed by atoms with Crippen LogP contribution in [0.4, 0.5) is 0 Å². The van der Waals surface area contributed by atoms with Crippen molar-refractivity contribution in [1.82, 2.24) is 9.88 Å². The molecule has 5 heteroatoms. The minimum Gasteiger partial charge on any atom is -0.467 e. The molecule has 1 fully saturated rings. The van der Waals surface area contributed by atoms with Crippen molar-refractivity contribution in [3.05, 3.63) is 10.5 Å². The molecular formula is C9H13ClN2OS. The molecule has 0 bridgehead atoms. The Balaban J connectivity index is 1.86. The molecule has 0 N–H and O–H groups in total. The summed E-state index contributed by atoms with van der Waals surface area (Å²) in [5.41, 5.74) is 0. The van der Waals surface area contributed by atoms with Gasteiger partial charge in [0, 0.05) is 18.5 Å². The molecule has 0 unspecified atom stereocenters. The summed E-state index contributed by atoms with van der Waals surface area (Å²) in [6, 6.07) is 0. The van der Waals surface area contributed by atoms with Crippen molar-refractivity contribution in [3.63, 3.8) is 0 Å². The van der Waals surface area contributed by atoms with E-state index in [4.69, 9.17) is 16.3 Å². The van der Waals surface area contributed by atoms with Crippen molar-refractivity contribution >= 4 is 22.9 Å². The second kappa shape index (κ2) is 4.47. The third-order valence-corrected chi connectivity index (χ3v) is 3.44. The number of halogens is 1. The summed E-state index contributed by atoms with van der Waals surface area (Å²) in [5, 5.41) is 3.02. The summed E-state index contributed by atoms with van der Waals surface area (Å²) >= 11 is 7.18. The molecule has 0 saturated carbocycles. The zero-order valence-corrected chi connectivity index (χ0v) is 9.64. The molecule has 1 aliphatic rings. The van der Waals surface area contributed by atoms with Crippen LogP contribution in [-0.4, -0.2) is 36.1 Å². The second-order valence-electron chi connectivity index (χ2n) is 3.56. The molecule has 2 heterocycles. The molecule has 1 aromatic rings. The maximum atomic E-state index is 5.72. The van der Waals surface area contributed by atoms with Gasteiger partial charge in [-0.05, 0) is 19.9 Å². The van der Waals surface area contributed by atoms with E-state index in [-0.39, 0.29) is 0 Å². The van der Waals surface area contributed by atoms with Crippen molar-refractivity contribution in [2.24, 2.45) is 0 Å². The molecule has 14 heavy (non-hydrogen) atoms.